The minimum atomic E-state index is -1.61. The summed E-state index contributed by atoms with van der Waals surface area (Å²) in [5, 5.41) is 0. The van der Waals surface area contributed by atoms with Crippen LogP contribution in [-0.2, 0) is 14.8 Å². The molecule has 1 saturated carbocycles. The van der Waals surface area contributed by atoms with Crippen molar-refractivity contribution < 1.29 is 9.16 Å². The lowest BCUT2D eigenvalue weighted by molar-refractivity contribution is -0.0184. The second-order valence-corrected chi connectivity index (χ2v) is 11.7. The molecule has 110 valence electrons. The smallest absolute Gasteiger partial charge is 0.184 e. The summed E-state index contributed by atoms with van der Waals surface area (Å²) in [5.41, 5.74) is 0.996. The van der Waals surface area contributed by atoms with Crippen molar-refractivity contribution in [3.8, 4) is 0 Å². The van der Waals surface area contributed by atoms with Crippen LogP contribution in [0.2, 0.25) is 19.6 Å². The van der Waals surface area contributed by atoms with Gasteiger partial charge < -0.3 is 9.16 Å². The van der Waals surface area contributed by atoms with Crippen LogP contribution in [-0.4, -0.2) is 20.0 Å². The Labute approximate surface area is 123 Å². The highest BCUT2D eigenvalue weighted by Crippen LogP contribution is 2.61. The van der Waals surface area contributed by atoms with Gasteiger partial charge in [0.05, 0.1) is 11.7 Å². The second-order valence-electron chi connectivity index (χ2n) is 7.28. The molecule has 0 aromatic heterocycles. The van der Waals surface area contributed by atoms with Crippen molar-refractivity contribution in [2.45, 2.75) is 69.6 Å². The molecule has 1 aromatic rings. The predicted molar refractivity (Wildman–Crippen MR) is 84.3 cm³/mol. The first-order chi connectivity index (χ1) is 9.40. The molecule has 0 radical (unpaired) electrons. The Kier molecular flexibility index (Phi) is 3.35. The van der Waals surface area contributed by atoms with Gasteiger partial charge in [-0.15, -0.1) is 0 Å². The van der Waals surface area contributed by atoms with E-state index < -0.39 is 8.32 Å². The second kappa shape index (κ2) is 4.69. The molecule has 0 unspecified atom stereocenters. The van der Waals surface area contributed by atoms with E-state index in [-0.39, 0.29) is 17.3 Å². The fourth-order valence-electron chi connectivity index (χ4n) is 4.06. The molecule has 20 heavy (non-hydrogen) atoms. The summed E-state index contributed by atoms with van der Waals surface area (Å²) < 4.78 is 13.0. The molecule has 0 N–H and O–H groups in total. The van der Waals surface area contributed by atoms with E-state index in [2.05, 4.69) is 56.9 Å². The maximum Gasteiger partial charge on any atom is 0.184 e. The van der Waals surface area contributed by atoms with E-state index in [0.717, 1.165) is 12.8 Å². The van der Waals surface area contributed by atoms with Crippen LogP contribution in [0.3, 0.4) is 0 Å². The Morgan fingerprint density at radius 3 is 2.10 bits per heavy atom. The van der Waals surface area contributed by atoms with Gasteiger partial charge in [0.2, 0.25) is 0 Å². The Morgan fingerprint density at radius 2 is 1.65 bits per heavy atom. The van der Waals surface area contributed by atoms with Crippen LogP contribution >= 0.6 is 0 Å². The van der Waals surface area contributed by atoms with Gasteiger partial charge >= 0.3 is 0 Å². The maximum atomic E-state index is 6.75. The van der Waals surface area contributed by atoms with E-state index in [4.69, 9.17) is 9.16 Å². The lowest BCUT2D eigenvalue weighted by Crippen LogP contribution is -2.51. The number of ether oxygens (including phenoxy) is 1. The molecule has 3 heteroatoms. The van der Waals surface area contributed by atoms with Crippen molar-refractivity contribution in [1.82, 2.24) is 0 Å². The SMILES string of the molecule is C[C@H]1O[C@@]1(c1ccccc1)C1(O[Si](C)(C)C)CCCC1. The van der Waals surface area contributed by atoms with Crippen molar-refractivity contribution in [2.75, 3.05) is 0 Å². The number of hydrogen-bond donors (Lipinski definition) is 0. The normalized spacial score (nSPS) is 32.3. The predicted octanol–water partition coefficient (Wildman–Crippen LogP) is 4.46. The zero-order valence-electron chi connectivity index (χ0n) is 13.1. The summed E-state index contributed by atoms with van der Waals surface area (Å²) in [4.78, 5) is 0. The zero-order chi connectivity index (χ0) is 14.4. The molecule has 1 aliphatic heterocycles. The van der Waals surface area contributed by atoms with Crippen molar-refractivity contribution in [2.24, 2.45) is 0 Å². The third-order valence-corrected chi connectivity index (χ3v) is 5.67. The quantitative estimate of drug-likeness (QED) is 0.603. The summed E-state index contributed by atoms with van der Waals surface area (Å²) in [5.74, 6) is 0. The molecule has 2 fully saturated rings. The number of rotatable bonds is 4. The van der Waals surface area contributed by atoms with Gasteiger partial charge in [-0.05, 0) is 45.0 Å². The highest BCUT2D eigenvalue weighted by molar-refractivity contribution is 6.69. The largest absolute Gasteiger partial charge is 0.409 e. The molecule has 0 spiro atoms. The van der Waals surface area contributed by atoms with Crippen LogP contribution < -0.4 is 0 Å². The first-order valence-corrected chi connectivity index (χ1v) is 11.2. The molecule has 1 heterocycles. The van der Waals surface area contributed by atoms with E-state index >= 15 is 0 Å². The third-order valence-electron chi connectivity index (χ3n) is 4.67. The summed E-state index contributed by atoms with van der Waals surface area (Å²) in [6.45, 7) is 9.07. The van der Waals surface area contributed by atoms with Gasteiger partial charge in [-0.2, -0.15) is 0 Å². The summed E-state index contributed by atoms with van der Waals surface area (Å²) in [7, 11) is -1.61. The highest BCUT2D eigenvalue weighted by atomic mass is 28.4. The maximum absolute atomic E-state index is 6.75. The first kappa shape index (κ1) is 14.3. The van der Waals surface area contributed by atoms with Crippen molar-refractivity contribution in [1.29, 1.82) is 0 Å². The Bertz CT molecular complexity index is 474. The minimum Gasteiger partial charge on any atom is -0.409 e. The van der Waals surface area contributed by atoms with Crippen molar-refractivity contribution in [3.63, 3.8) is 0 Å². The highest BCUT2D eigenvalue weighted by Gasteiger charge is 2.69. The van der Waals surface area contributed by atoms with Gasteiger partial charge in [0, 0.05) is 0 Å². The first-order valence-electron chi connectivity index (χ1n) is 7.83. The molecular weight excluding hydrogens is 264 g/mol. The zero-order valence-corrected chi connectivity index (χ0v) is 14.1. The number of benzene rings is 1. The van der Waals surface area contributed by atoms with E-state index in [1.54, 1.807) is 0 Å². The van der Waals surface area contributed by atoms with Crippen molar-refractivity contribution >= 4 is 8.32 Å². The lowest BCUT2D eigenvalue weighted by atomic mass is 9.78. The van der Waals surface area contributed by atoms with Crippen LogP contribution in [0.15, 0.2) is 30.3 Å². The molecule has 1 aliphatic carbocycles. The summed E-state index contributed by atoms with van der Waals surface area (Å²) >= 11 is 0. The molecule has 2 atom stereocenters. The van der Waals surface area contributed by atoms with E-state index in [1.807, 2.05) is 0 Å². The van der Waals surface area contributed by atoms with Crippen LogP contribution in [0.4, 0.5) is 0 Å². The molecule has 0 amide bonds. The molecule has 2 nitrogen and oxygen atoms in total. The molecule has 0 bridgehead atoms. The van der Waals surface area contributed by atoms with Crippen LogP contribution in [0, 0.1) is 0 Å². The minimum absolute atomic E-state index is 0.0990. The van der Waals surface area contributed by atoms with Gasteiger partial charge in [-0.1, -0.05) is 43.2 Å². The van der Waals surface area contributed by atoms with Crippen LogP contribution in [0.25, 0.3) is 0 Å². The van der Waals surface area contributed by atoms with E-state index in [9.17, 15) is 0 Å². The average molecular weight is 290 g/mol. The third kappa shape index (κ3) is 2.16. The van der Waals surface area contributed by atoms with Gasteiger partial charge in [-0.25, -0.2) is 0 Å². The van der Waals surface area contributed by atoms with Gasteiger partial charge in [-0.3, -0.25) is 0 Å². The lowest BCUT2D eigenvalue weighted by Gasteiger charge is -2.41. The number of epoxide rings is 1. The summed E-state index contributed by atoms with van der Waals surface area (Å²) in [6, 6.07) is 10.7. The van der Waals surface area contributed by atoms with Crippen LogP contribution in [0.5, 0.6) is 0 Å². The van der Waals surface area contributed by atoms with Crippen LogP contribution in [0.1, 0.15) is 38.2 Å². The molecule has 3 rings (SSSR count). The fourth-order valence-corrected chi connectivity index (χ4v) is 5.58. The van der Waals surface area contributed by atoms with E-state index in [0.29, 0.717) is 0 Å². The topological polar surface area (TPSA) is 21.8 Å². The Balaban J connectivity index is 2.02. The molecule has 1 aromatic carbocycles. The average Bonchev–Trinajstić information content (AvgIpc) is 2.86. The number of hydrogen-bond acceptors (Lipinski definition) is 2. The molecule has 1 saturated heterocycles. The Morgan fingerprint density at radius 1 is 1.10 bits per heavy atom. The van der Waals surface area contributed by atoms with Gasteiger partial charge in [0.1, 0.15) is 5.60 Å². The molecular formula is C17H26O2Si. The van der Waals surface area contributed by atoms with E-state index in [1.165, 1.54) is 18.4 Å². The molecule has 2 aliphatic rings. The summed E-state index contributed by atoms with van der Waals surface area (Å²) in [6.07, 6.45) is 5.05. The Hall–Kier alpha value is -0.643. The van der Waals surface area contributed by atoms with Crippen molar-refractivity contribution in [3.05, 3.63) is 35.9 Å². The monoisotopic (exact) mass is 290 g/mol. The fraction of sp³-hybridized carbons (Fsp3) is 0.647. The van der Waals surface area contributed by atoms with Gasteiger partial charge in [0.25, 0.3) is 0 Å². The standard InChI is InChI=1S/C17H26O2Si/c1-14-17(18-14,15-10-6-5-7-11-15)16(12-8-9-13-16)19-20(2,3)4/h5-7,10-11,14H,8-9,12-13H2,1-4H3/t14-,17+/m1/s1. The van der Waals surface area contributed by atoms with Gasteiger partial charge in [0.15, 0.2) is 8.32 Å².